The molecule has 2 nitrogen and oxygen atoms in total. The van der Waals surface area contributed by atoms with Gasteiger partial charge in [-0.05, 0) is 42.3 Å². The Hall–Kier alpha value is -1.81. The first-order valence-corrected chi connectivity index (χ1v) is 5.21. The SMILES string of the molecule is Cc1cc(F)ccc1C(N)c1ncccc1F. The molecule has 2 N–H and O–H groups in total. The summed E-state index contributed by atoms with van der Waals surface area (Å²) in [5.74, 6) is -0.788. The zero-order chi connectivity index (χ0) is 12.4. The molecule has 1 unspecified atom stereocenters. The maximum absolute atomic E-state index is 13.5. The van der Waals surface area contributed by atoms with Crippen molar-refractivity contribution in [1.29, 1.82) is 0 Å². The van der Waals surface area contributed by atoms with Crippen molar-refractivity contribution in [2.45, 2.75) is 13.0 Å². The van der Waals surface area contributed by atoms with Crippen molar-refractivity contribution in [3.05, 3.63) is 65.0 Å². The van der Waals surface area contributed by atoms with Crippen LogP contribution in [0, 0.1) is 18.6 Å². The summed E-state index contributed by atoms with van der Waals surface area (Å²) < 4.78 is 26.5. The summed E-state index contributed by atoms with van der Waals surface area (Å²) >= 11 is 0. The number of aryl methyl sites for hydroxylation is 1. The van der Waals surface area contributed by atoms with Crippen molar-refractivity contribution in [1.82, 2.24) is 4.98 Å². The maximum Gasteiger partial charge on any atom is 0.146 e. The summed E-state index contributed by atoms with van der Waals surface area (Å²) in [4.78, 5) is 3.92. The highest BCUT2D eigenvalue weighted by molar-refractivity contribution is 5.34. The Kier molecular flexibility index (Phi) is 3.15. The Morgan fingerprint density at radius 1 is 1.24 bits per heavy atom. The molecule has 88 valence electrons. The second kappa shape index (κ2) is 4.59. The van der Waals surface area contributed by atoms with Crippen LogP contribution < -0.4 is 5.73 Å². The predicted octanol–water partition coefficient (Wildman–Crippen LogP) is 2.72. The van der Waals surface area contributed by atoms with Crippen molar-refractivity contribution in [2.75, 3.05) is 0 Å². The average Bonchev–Trinajstić information content (AvgIpc) is 2.29. The molecule has 0 aliphatic carbocycles. The predicted molar refractivity (Wildman–Crippen MR) is 61.4 cm³/mol. The number of hydrogen-bond donors (Lipinski definition) is 1. The summed E-state index contributed by atoms with van der Waals surface area (Å²) in [6.07, 6.45) is 1.48. The standard InChI is InChI=1S/C13H12F2N2/c1-8-7-9(14)4-5-10(8)12(16)13-11(15)3-2-6-17-13/h2-7,12H,16H2,1H3. The second-order valence-electron chi connectivity index (χ2n) is 3.85. The van der Waals surface area contributed by atoms with E-state index in [1.165, 1.54) is 30.5 Å². The zero-order valence-corrected chi connectivity index (χ0v) is 9.32. The van der Waals surface area contributed by atoms with Crippen LogP contribution in [-0.2, 0) is 0 Å². The molecule has 0 bridgehead atoms. The first kappa shape index (κ1) is 11.7. The Morgan fingerprint density at radius 2 is 2.00 bits per heavy atom. The molecule has 17 heavy (non-hydrogen) atoms. The monoisotopic (exact) mass is 234 g/mol. The molecule has 1 heterocycles. The molecular formula is C13H12F2N2. The highest BCUT2D eigenvalue weighted by Crippen LogP contribution is 2.23. The Balaban J connectivity index is 2.44. The van der Waals surface area contributed by atoms with Crippen molar-refractivity contribution in [2.24, 2.45) is 5.73 Å². The van der Waals surface area contributed by atoms with Gasteiger partial charge in [0.05, 0.1) is 11.7 Å². The highest BCUT2D eigenvalue weighted by Gasteiger charge is 2.16. The molecule has 1 aromatic heterocycles. The summed E-state index contributed by atoms with van der Waals surface area (Å²) in [5, 5.41) is 0. The summed E-state index contributed by atoms with van der Waals surface area (Å²) in [6, 6.07) is 6.36. The third kappa shape index (κ3) is 2.31. The lowest BCUT2D eigenvalue weighted by Crippen LogP contribution is -2.16. The molecule has 0 amide bonds. The van der Waals surface area contributed by atoms with Crippen LogP contribution in [0.15, 0.2) is 36.5 Å². The third-order valence-electron chi connectivity index (χ3n) is 2.65. The summed E-state index contributed by atoms with van der Waals surface area (Å²) in [5.41, 5.74) is 7.47. The fraction of sp³-hybridized carbons (Fsp3) is 0.154. The van der Waals surface area contributed by atoms with Crippen LogP contribution in [0.4, 0.5) is 8.78 Å². The van der Waals surface area contributed by atoms with Crippen molar-refractivity contribution >= 4 is 0 Å². The van der Waals surface area contributed by atoms with E-state index in [-0.39, 0.29) is 11.5 Å². The van der Waals surface area contributed by atoms with Gasteiger partial charge in [0, 0.05) is 6.20 Å². The topological polar surface area (TPSA) is 38.9 Å². The number of halogens is 2. The second-order valence-corrected chi connectivity index (χ2v) is 3.85. The van der Waals surface area contributed by atoms with Gasteiger partial charge in [0.25, 0.3) is 0 Å². The lowest BCUT2D eigenvalue weighted by molar-refractivity contribution is 0.584. The lowest BCUT2D eigenvalue weighted by Gasteiger charge is -2.14. The molecule has 0 saturated heterocycles. The number of benzene rings is 1. The van der Waals surface area contributed by atoms with Crippen LogP contribution >= 0.6 is 0 Å². The van der Waals surface area contributed by atoms with Gasteiger partial charge in [-0.25, -0.2) is 8.78 Å². The lowest BCUT2D eigenvalue weighted by atomic mass is 9.99. The van der Waals surface area contributed by atoms with Crippen molar-refractivity contribution in [3.63, 3.8) is 0 Å². The van der Waals surface area contributed by atoms with Crippen molar-refractivity contribution < 1.29 is 8.78 Å². The van der Waals surface area contributed by atoms with E-state index < -0.39 is 11.9 Å². The van der Waals surface area contributed by atoms with Gasteiger partial charge in [0.1, 0.15) is 11.6 Å². The first-order valence-electron chi connectivity index (χ1n) is 5.21. The Bertz CT molecular complexity index is 541. The number of pyridine rings is 1. The largest absolute Gasteiger partial charge is 0.319 e. The van der Waals surface area contributed by atoms with E-state index in [2.05, 4.69) is 4.98 Å². The number of nitrogens with zero attached hydrogens (tertiary/aromatic N) is 1. The van der Waals surface area contributed by atoms with Gasteiger partial charge < -0.3 is 5.73 Å². The average molecular weight is 234 g/mol. The number of rotatable bonds is 2. The molecular weight excluding hydrogens is 222 g/mol. The van der Waals surface area contributed by atoms with E-state index in [4.69, 9.17) is 5.73 Å². The van der Waals surface area contributed by atoms with Crippen LogP contribution in [-0.4, -0.2) is 4.98 Å². The molecule has 0 saturated carbocycles. The van der Waals surface area contributed by atoms with Gasteiger partial charge in [-0.2, -0.15) is 0 Å². The number of aromatic nitrogens is 1. The molecule has 2 aromatic rings. The minimum absolute atomic E-state index is 0.169. The van der Waals surface area contributed by atoms with Crippen LogP contribution in [0.3, 0.4) is 0 Å². The summed E-state index contributed by atoms with van der Waals surface area (Å²) in [6.45, 7) is 1.74. The number of hydrogen-bond acceptors (Lipinski definition) is 2. The fourth-order valence-corrected chi connectivity index (χ4v) is 1.76. The zero-order valence-electron chi connectivity index (χ0n) is 9.32. The van der Waals surface area contributed by atoms with Gasteiger partial charge in [0.15, 0.2) is 0 Å². The van der Waals surface area contributed by atoms with Crippen LogP contribution in [0.25, 0.3) is 0 Å². The molecule has 1 atom stereocenters. The van der Waals surface area contributed by atoms with Crippen LogP contribution in [0.2, 0.25) is 0 Å². The smallest absolute Gasteiger partial charge is 0.146 e. The van der Waals surface area contributed by atoms with Gasteiger partial charge in [-0.1, -0.05) is 6.07 Å². The Morgan fingerprint density at radius 3 is 2.65 bits per heavy atom. The molecule has 0 aliphatic rings. The van der Waals surface area contributed by atoms with E-state index in [9.17, 15) is 8.78 Å². The molecule has 0 aliphatic heterocycles. The molecule has 2 rings (SSSR count). The maximum atomic E-state index is 13.5. The van der Waals surface area contributed by atoms with E-state index in [0.717, 1.165) is 0 Å². The number of nitrogens with two attached hydrogens (primary N) is 1. The molecule has 0 fully saturated rings. The first-order chi connectivity index (χ1) is 8.09. The highest BCUT2D eigenvalue weighted by atomic mass is 19.1. The fourth-order valence-electron chi connectivity index (χ4n) is 1.76. The summed E-state index contributed by atoms with van der Waals surface area (Å²) in [7, 11) is 0. The third-order valence-corrected chi connectivity index (χ3v) is 2.65. The minimum atomic E-state index is -0.684. The van der Waals surface area contributed by atoms with Gasteiger partial charge in [0.2, 0.25) is 0 Å². The molecule has 0 radical (unpaired) electrons. The quantitative estimate of drug-likeness (QED) is 0.867. The van der Waals surface area contributed by atoms with Crippen LogP contribution in [0.5, 0.6) is 0 Å². The molecule has 0 spiro atoms. The Labute approximate surface area is 98.1 Å². The minimum Gasteiger partial charge on any atom is -0.319 e. The van der Waals surface area contributed by atoms with E-state index >= 15 is 0 Å². The van der Waals surface area contributed by atoms with E-state index in [1.54, 1.807) is 13.0 Å². The van der Waals surface area contributed by atoms with Gasteiger partial charge in [-0.15, -0.1) is 0 Å². The normalized spacial score (nSPS) is 12.5. The molecule has 4 heteroatoms. The van der Waals surface area contributed by atoms with Crippen molar-refractivity contribution in [3.8, 4) is 0 Å². The van der Waals surface area contributed by atoms with E-state index in [0.29, 0.717) is 11.1 Å². The molecule has 1 aromatic carbocycles. The van der Waals surface area contributed by atoms with Gasteiger partial charge >= 0.3 is 0 Å². The van der Waals surface area contributed by atoms with Crippen LogP contribution in [0.1, 0.15) is 22.9 Å². The van der Waals surface area contributed by atoms with E-state index in [1.807, 2.05) is 0 Å². The van der Waals surface area contributed by atoms with Gasteiger partial charge in [-0.3, -0.25) is 4.98 Å².